The minimum absolute atomic E-state index is 0.0322. The SMILES string of the molecule is O=S(=O)(NCC1(O)CCc2ccccc21)c1cccc2ccccc12. The number of hydrogen-bond acceptors (Lipinski definition) is 3. The Morgan fingerprint density at radius 2 is 1.68 bits per heavy atom. The van der Waals surface area contributed by atoms with Gasteiger partial charge in [0.15, 0.2) is 0 Å². The summed E-state index contributed by atoms with van der Waals surface area (Å²) in [6.45, 7) is -0.0322. The molecule has 1 aliphatic carbocycles. The maximum atomic E-state index is 12.8. The van der Waals surface area contributed by atoms with Gasteiger partial charge < -0.3 is 5.11 Å². The Balaban J connectivity index is 1.65. The normalized spacial score (nSPS) is 19.9. The molecule has 25 heavy (non-hydrogen) atoms. The second-order valence-corrected chi connectivity index (χ2v) is 8.23. The van der Waals surface area contributed by atoms with Gasteiger partial charge in [-0.15, -0.1) is 0 Å². The van der Waals surface area contributed by atoms with E-state index >= 15 is 0 Å². The molecule has 4 rings (SSSR count). The van der Waals surface area contributed by atoms with E-state index < -0.39 is 15.6 Å². The van der Waals surface area contributed by atoms with Crippen molar-refractivity contribution in [3.05, 3.63) is 77.9 Å². The Bertz CT molecular complexity index is 1040. The first-order chi connectivity index (χ1) is 12.0. The van der Waals surface area contributed by atoms with Crippen LogP contribution in [0.15, 0.2) is 71.6 Å². The maximum absolute atomic E-state index is 12.8. The summed E-state index contributed by atoms with van der Waals surface area (Å²) < 4.78 is 28.3. The molecule has 3 aromatic rings. The van der Waals surface area contributed by atoms with Crippen LogP contribution in [0.2, 0.25) is 0 Å². The van der Waals surface area contributed by atoms with Gasteiger partial charge in [0.2, 0.25) is 10.0 Å². The predicted molar refractivity (Wildman–Crippen MR) is 97.8 cm³/mol. The summed E-state index contributed by atoms with van der Waals surface area (Å²) in [6, 6.07) is 20.2. The van der Waals surface area contributed by atoms with Gasteiger partial charge in [0.25, 0.3) is 0 Å². The molecule has 0 spiro atoms. The minimum atomic E-state index is -3.73. The highest BCUT2D eigenvalue weighted by molar-refractivity contribution is 7.89. The third-order valence-electron chi connectivity index (χ3n) is 4.92. The molecular weight excluding hydrogens is 334 g/mol. The van der Waals surface area contributed by atoms with Gasteiger partial charge in [0, 0.05) is 11.9 Å². The molecule has 0 saturated heterocycles. The van der Waals surface area contributed by atoms with Crippen LogP contribution < -0.4 is 4.72 Å². The number of benzene rings is 3. The minimum Gasteiger partial charge on any atom is -0.384 e. The third kappa shape index (κ3) is 2.84. The fourth-order valence-electron chi connectivity index (χ4n) is 3.57. The summed E-state index contributed by atoms with van der Waals surface area (Å²) in [6.07, 6.45) is 1.27. The van der Waals surface area contributed by atoms with Gasteiger partial charge in [-0.3, -0.25) is 0 Å². The molecule has 1 atom stereocenters. The number of rotatable bonds is 4. The standard InChI is InChI=1S/C20H19NO3S/c22-20(13-12-16-7-2-4-10-18(16)20)14-21-25(23,24)19-11-5-8-15-6-1-3-9-17(15)19/h1-11,21-22H,12-14H2. The molecule has 3 aromatic carbocycles. The highest BCUT2D eigenvalue weighted by Crippen LogP contribution is 2.36. The van der Waals surface area contributed by atoms with Crippen LogP contribution in [0.5, 0.6) is 0 Å². The number of sulfonamides is 1. The Kier molecular flexibility index (Phi) is 3.87. The van der Waals surface area contributed by atoms with Crippen molar-refractivity contribution in [2.75, 3.05) is 6.54 Å². The lowest BCUT2D eigenvalue weighted by Crippen LogP contribution is -2.39. The van der Waals surface area contributed by atoms with Crippen LogP contribution in [0.4, 0.5) is 0 Å². The zero-order valence-corrected chi connectivity index (χ0v) is 14.5. The molecule has 0 bridgehead atoms. The second-order valence-electron chi connectivity index (χ2n) is 6.49. The molecule has 128 valence electrons. The van der Waals surface area contributed by atoms with Gasteiger partial charge in [0.1, 0.15) is 5.60 Å². The zero-order chi connectivity index (χ0) is 17.5. The summed E-state index contributed by atoms with van der Waals surface area (Å²) in [4.78, 5) is 0.237. The fraction of sp³-hybridized carbons (Fsp3) is 0.200. The summed E-state index contributed by atoms with van der Waals surface area (Å²) in [5, 5.41) is 12.5. The van der Waals surface area contributed by atoms with Crippen molar-refractivity contribution in [3.8, 4) is 0 Å². The monoisotopic (exact) mass is 353 g/mol. The van der Waals surface area contributed by atoms with Crippen molar-refractivity contribution < 1.29 is 13.5 Å². The van der Waals surface area contributed by atoms with Gasteiger partial charge >= 0.3 is 0 Å². The predicted octanol–water partition coefficient (Wildman–Crippen LogP) is 2.95. The molecule has 5 heteroatoms. The Labute approximate surface area is 147 Å². The van der Waals surface area contributed by atoms with Crippen molar-refractivity contribution in [1.82, 2.24) is 4.72 Å². The smallest absolute Gasteiger partial charge is 0.241 e. The molecule has 1 unspecified atom stereocenters. The van der Waals surface area contributed by atoms with E-state index in [1.54, 1.807) is 18.2 Å². The van der Waals surface area contributed by atoms with Crippen LogP contribution in [-0.2, 0) is 22.0 Å². The van der Waals surface area contributed by atoms with Crippen molar-refractivity contribution >= 4 is 20.8 Å². The van der Waals surface area contributed by atoms with Crippen LogP contribution in [0.3, 0.4) is 0 Å². The molecule has 4 nitrogen and oxygen atoms in total. The Morgan fingerprint density at radius 3 is 2.56 bits per heavy atom. The van der Waals surface area contributed by atoms with Gasteiger partial charge in [-0.05, 0) is 35.4 Å². The molecule has 2 N–H and O–H groups in total. The van der Waals surface area contributed by atoms with E-state index in [0.717, 1.165) is 22.9 Å². The first-order valence-electron chi connectivity index (χ1n) is 8.28. The highest BCUT2D eigenvalue weighted by Gasteiger charge is 2.37. The van der Waals surface area contributed by atoms with Crippen LogP contribution in [0.1, 0.15) is 17.5 Å². The molecule has 0 amide bonds. The van der Waals surface area contributed by atoms with E-state index in [-0.39, 0.29) is 11.4 Å². The summed E-state index contributed by atoms with van der Waals surface area (Å²) in [5.74, 6) is 0. The highest BCUT2D eigenvalue weighted by atomic mass is 32.2. The number of aryl methyl sites for hydroxylation is 1. The first kappa shape index (κ1) is 16.3. The van der Waals surface area contributed by atoms with Crippen molar-refractivity contribution in [3.63, 3.8) is 0 Å². The van der Waals surface area contributed by atoms with Crippen molar-refractivity contribution in [2.24, 2.45) is 0 Å². The van der Waals surface area contributed by atoms with E-state index in [2.05, 4.69) is 4.72 Å². The number of aliphatic hydroxyl groups is 1. The van der Waals surface area contributed by atoms with E-state index in [1.807, 2.05) is 48.5 Å². The van der Waals surface area contributed by atoms with E-state index in [1.165, 1.54) is 0 Å². The van der Waals surface area contributed by atoms with Gasteiger partial charge in [-0.25, -0.2) is 13.1 Å². The molecule has 0 heterocycles. The molecule has 0 fully saturated rings. The van der Waals surface area contributed by atoms with E-state index in [0.29, 0.717) is 11.8 Å². The lowest BCUT2D eigenvalue weighted by molar-refractivity contribution is 0.0442. The van der Waals surface area contributed by atoms with Crippen molar-refractivity contribution in [1.29, 1.82) is 0 Å². The molecule has 0 saturated carbocycles. The summed E-state index contributed by atoms with van der Waals surface area (Å²) in [7, 11) is -3.73. The number of nitrogens with one attached hydrogen (secondary N) is 1. The molecule has 1 aliphatic rings. The molecule has 0 radical (unpaired) electrons. The van der Waals surface area contributed by atoms with E-state index in [4.69, 9.17) is 0 Å². The zero-order valence-electron chi connectivity index (χ0n) is 13.6. The first-order valence-corrected chi connectivity index (χ1v) is 9.76. The van der Waals surface area contributed by atoms with Crippen LogP contribution in [-0.4, -0.2) is 20.1 Å². The van der Waals surface area contributed by atoms with Crippen LogP contribution >= 0.6 is 0 Å². The molecular formula is C20H19NO3S. The Hall–Kier alpha value is -2.21. The lowest BCUT2D eigenvalue weighted by atomic mass is 9.96. The maximum Gasteiger partial charge on any atom is 0.241 e. The van der Waals surface area contributed by atoms with E-state index in [9.17, 15) is 13.5 Å². The topological polar surface area (TPSA) is 66.4 Å². The van der Waals surface area contributed by atoms with Crippen molar-refractivity contribution in [2.45, 2.75) is 23.3 Å². The largest absolute Gasteiger partial charge is 0.384 e. The van der Waals surface area contributed by atoms with Gasteiger partial charge in [-0.1, -0.05) is 60.7 Å². The third-order valence-corrected chi connectivity index (χ3v) is 6.38. The number of fused-ring (bicyclic) bond motifs is 2. The second kappa shape index (κ2) is 5.95. The lowest BCUT2D eigenvalue weighted by Gasteiger charge is -2.24. The fourth-order valence-corrected chi connectivity index (χ4v) is 4.89. The summed E-state index contributed by atoms with van der Waals surface area (Å²) >= 11 is 0. The van der Waals surface area contributed by atoms with Gasteiger partial charge in [-0.2, -0.15) is 0 Å². The molecule has 0 aromatic heterocycles. The number of hydrogen-bond donors (Lipinski definition) is 2. The average Bonchev–Trinajstić information content (AvgIpc) is 2.98. The van der Waals surface area contributed by atoms with Crippen LogP contribution in [0.25, 0.3) is 10.8 Å². The quantitative estimate of drug-likeness (QED) is 0.758. The van der Waals surface area contributed by atoms with Gasteiger partial charge in [0.05, 0.1) is 4.90 Å². The van der Waals surface area contributed by atoms with Crippen LogP contribution in [0, 0.1) is 0 Å². The summed E-state index contributed by atoms with van der Waals surface area (Å²) in [5.41, 5.74) is 0.735. The Morgan fingerprint density at radius 1 is 0.960 bits per heavy atom. The average molecular weight is 353 g/mol. The molecule has 0 aliphatic heterocycles.